The third-order valence-corrected chi connectivity index (χ3v) is 4.51. The van der Waals surface area contributed by atoms with Crippen LogP contribution in [-0.2, 0) is 9.53 Å². The van der Waals surface area contributed by atoms with Gasteiger partial charge in [-0.15, -0.1) is 0 Å². The van der Waals surface area contributed by atoms with Crippen molar-refractivity contribution in [2.24, 2.45) is 5.41 Å². The van der Waals surface area contributed by atoms with Crippen molar-refractivity contribution in [2.45, 2.75) is 13.3 Å². The molecule has 0 aliphatic carbocycles. The fraction of sp³-hybridized carbons (Fsp3) is 0.350. The van der Waals surface area contributed by atoms with Crippen LogP contribution in [0.25, 0.3) is 0 Å². The lowest BCUT2D eigenvalue weighted by molar-refractivity contribution is -0.127. The number of benzene rings is 2. The summed E-state index contributed by atoms with van der Waals surface area (Å²) in [6.45, 7) is 3.93. The molecular weight excluding hydrogens is 316 g/mol. The van der Waals surface area contributed by atoms with Crippen molar-refractivity contribution in [3.05, 3.63) is 54.1 Å². The van der Waals surface area contributed by atoms with Gasteiger partial charge in [0, 0.05) is 19.3 Å². The Labute approximate surface area is 148 Å². The number of carbonyl (C=O) groups is 1. The second-order valence-corrected chi connectivity index (χ2v) is 6.53. The van der Waals surface area contributed by atoms with Gasteiger partial charge in [0.15, 0.2) is 0 Å². The zero-order valence-electron chi connectivity index (χ0n) is 14.7. The monoisotopic (exact) mass is 340 g/mol. The van der Waals surface area contributed by atoms with Crippen molar-refractivity contribution in [1.29, 1.82) is 0 Å². The van der Waals surface area contributed by atoms with E-state index >= 15 is 0 Å². The molecule has 25 heavy (non-hydrogen) atoms. The highest BCUT2D eigenvalue weighted by Crippen LogP contribution is 2.29. The Morgan fingerprint density at radius 3 is 2.32 bits per heavy atom. The summed E-state index contributed by atoms with van der Waals surface area (Å²) in [5.74, 6) is 1.51. The van der Waals surface area contributed by atoms with Crippen LogP contribution < -0.4 is 15.4 Å². The maximum absolute atomic E-state index is 12.7. The molecule has 2 aromatic carbocycles. The zero-order valence-corrected chi connectivity index (χ0v) is 14.7. The summed E-state index contributed by atoms with van der Waals surface area (Å²) in [5.41, 5.74) is 1.45. The molecule has 1 aliphatic heterocycles. The van der Waals surface area contributed by atoms with E-state index in [2.05, 4.69) is 10.6 Å². The second kappa shape index (κ2) is 7.68. The van der Waals surface area contributed by atoms with E-state index in [1.165, 1.54) is 5.56 Å². The van der Waals surface area contributed by atoms with Crippen LogP contribution in [-0.4, -0.2) is 32.7 Å². The van der Waals surface area contributed by atoms with E-state index in [1.54, 1.807) is 7.11 Å². The first-order chi connectivity index (χ1) is 12.1. The molecule has 1 saturated heterocycles. The lowest BCUT2D eigenvalue weighted by Gasteiger charge is -2.26. The van der Waals surface area contributed by atoms with E-state index in [9.17, 15) is 4.79 Å². The van der Waals surface area contributed by atoms with Gasteiger partial charge in [-0.1, -0.05) is 17.7 Å². The van der Waals surface area contributed by atoms with Gasteiger partial charge in [0.2, 0.25) is 5.91 Å². The smallest absolute Gasteiger partial charge is 0.234 e. The van der Waals surface area contributed by atoms with E-state index in [0.717, 1.165) is 30.2 Å². The highest BCUT2D eigenvalue weighted by atomic mass is 16.5. The summed E-state index contributed by atoms with van der Waals surface area (Å²) in [6, 6.07) is 15.3. The molecule has 2 N–H and O–H groups in total. The van der Waals surface area contributed by atoms with Crippen molar-refractivity contribution < 1.29 is 14.3 Å². The molecule has 1 amide bonds. The molecule has 0 radical (unpaired) electrons. The number of methoxy groups -OCH3 is 1. The van der Waals surface area contributed by atoms with Crippen molar-refractivity contribution in [1.82, 2.24) is 5.32 Å². The van der Waals surface area contributed by atoms with Crippen molar-refractivity contribution in [2.75, 3.05) is 32.1 Å². The number of aryl methyl sites for hydroxylation is 1. The van der Waals surface area contributed by atoms with Gasteiger partial charge in [0.05, 0.1) is 12.0 Å². The number of carbonyl (C=O) groups excluding carboxylic acids is 1. The SMILES string of the molecule is COCC1(C(=O)Nc2ccc(Oc3ccc(C)cc3)cc2)CCNC1. The summed E-state index contributed by atoms with van der Waals surface area (Å²) in [6.07, 6.45) is 0.779. The van der Waals surface area contributed by atoms with E-state index in [4.69, 9.17) is 9.47 Å². The van der Waals surface area contributed by atoms with Gasteiger partial charge in [-0.05, 0) is 56.3 Å². The minimum absolute atomic E-state index is 0.00782. The van der Waals surface area contributed by atoms with Gasteiger partial charge >= 0.3 is 0 Å². The average Bonchev–Trinajstić information content (AvgIpc) is 3.09. The molecule has 5 nitrogen and oxygen atoms in total. The quantitative estimate of drug-likeness (QED) is 0.847. The predicted molar refractivity (Wildman–Crippen MR) is 98.1 cm³/mol. The fourth-order valence-corrected chi connectivity index (χ4v) is 3.01. The molecule has 1 aliphatic rings. The molecule has 5 heteroatoms. The van der Waals surface area contributed by atoms with Gasteiger partial charge in [0.1, 0.15) is 11.5 Å². The highest BCUT2D eigenvalue weighted by molar-refractivity contribution is 5.96. The van der Waals surface area contributed by atoms with Crippen LogP contribution in [0.3, 0.4) is 0 Å². The van der Waals surface area contributed by atoms with Crippen LogP contribution in [0.4, 0.5) is 5.69 Å². The van der Waals surface area contributed by atoms with Gasteiger partial charge in [-0.25, -0.2) is 0 Å². The fourth-order valence-electron chi connectivity index (χ4n) is 3.01. The lowest BCUT2D eigenvalue weighted by atomic mass is 9.87. The lowest BCUT2D eigenvalue weighted by Crippen LogP contribution is -2.41. The number of hydrogen-bond donors (Lipinski definition) is 2. The maximum Gasteiger partial charge on any atom is 0.234 e. The molecule has 1 fully saturated rings. The average molecular weight is 340 g/mol. The minimum atomic E-state index is -0.494. The number of nitrogens with one attached hydrogen (secondary N) is 2. The first kappa shape index (κ1) is 17.5. The Morgan fingerprint density at radius 2 is 1.76 bits per heavy atom. The van der Waals surface area contributed by atoms with Crippen LogP contribution in [0.15, 0.2) is 48.5 Å². The summed E-state index contributed by atoms with van der Waals surface area (Å²) in [7, 11) is 1.63. The Bertz CT molecular complexity index is 705. The minimum Gasteiger partial charge on any atom is -0.457 e. The Kier molecular flexibility index (Phi) is 5.36. The molecule has 0 spiro atoms. The molecule has 1 atom stereocenters. The molecule has 0 saturated carbocycles. The van der Waals surface area contributed by atoms with E-state index in [1.807, 2.05) is 55.5 Å². The van der Waals surface area contributed by atoms with Gasteiger partial charge in [-0.3, -0.25) is 4.79 Å². The number of rotatable bonds is 6. The van der Waals surface area contributed by atoms with Crippen molar-refractivity contribution in [3.63, 3.8) is 0 Å². The maximum atomic E-state index is 12.7. The molecule has 3 rings (SSSR count). The molecule has 0 bridgehead atoms. The Balaban J connectivity index is 1.64. The normalized spacial score (nSPS) is 19.6. The first-order valence-electron chi connectivity index (χ1n) is 8.47. The number of hydrogen-bond acceptors (Lipinski definition) is 4. The van der Waals surface area contributed by atoms with Crippen LogP contribution >= 0.6 is 0 Å². The van der Waals surface area contributed by atoms with Gasteiger partial charge in [-0.2, -0.15) is 0 Å². The number of ether oxygens (including phenoxy) is 2. The van der Waals surface area contributed by atoms with E-state index in [-0.39, 0.29) is 5.91 Å². The van der Waals surface area contributed by atoms with Crippen LogP contribution in [0.1, 0.15) is 12.0 Å². The highest BCUT2D eigenvalue weighted by Gasteiger charge is 2.41. The number of amides is 1. The van der Waals surface area contributed by atoms with Crippen LogP contribution in [0, 0.1) is 12.3 Å². The third-order valence-electron chi connectivity index (χ3n) is 4.51. The number of anilines is 1. The predicted octanol–water partition coefficient (Wildman–Crippen LogP) is 3.35. The summed E-state index contributed by atoms with van der Waals surface area (Å²) in [5, 5.41) is 6.24. The van der Waals surface area contributed by atoms with Crippen LogP contribution in [0.5, 0.6) is 11.5 Å². The largest absolute Gasteiger partial charge is 0.457 e. The molecule has 132 valence electrons. The first-order valence-corrected chi connectivity index (χ1v) is 8.47. The third kappa shape index (κ3) is 4.18. The van der Waals surface area contributed by atoms with E-state index in [0.29, 0.717) is 13.2 Å². The molecule has 1 unspecified atom stereocenters. The van der Waals surface area contributed by atoms with Gasteiger partial charge < -0.3 is 20.1 Å². The summed E-state index contributed by atoms with van der Waals surface area (Å²) >= 11 is 0. The Hall–Kier alpha value is -2.37. The van der Waals surface area contributed by atoms with E-state index < -0.39 is 5.41 Å². The molecule has 1 heterocycles. The summed E-state index contributed by atoms with van der Waals surface area (Å²) < 4.78 is 11.1. The molecule has 0 aromatic heterocycles. The summed E-state index contributed by atoms with van der Waals surface area (Å²) in [4.78, 5) is 12.7. The Morgan fingerprint density at radius 1 is 1.12 bits per heavy atom. The molecule has 2 aromatic rings. The standard InChI is InChI=1S/C20H24N2O3/c1-15-3-7-17(8-4-15)25-18-9-5-16(6-10-18)22-19(23)20(14-24-2)11-12-21-13-20/h3-10,21H,11-14H2,1-2H3,(H,22,23). The van der Waals surface area contributed by atoms with Gasteiger partial charge in [0.25, 0.3) is 0 Å². The van der Waals surface area contributed by atoms with Crippen LogP contribution in [0.2, 0.25) is 0 Å². The molecular formula is C20H24N2O3. The zero-order chi connectivity index (χ0) is 17.7. The van der Waals surface area contributed by atoms with Crippen molar-refractivity contribution >= 4 is 11.6 Å². The van der Waals surface area contributed by atoms with Crippen molar-refractivity contribution in [3.8, 4) is 11.5 Å². The topological polar surface area (TPSA) is 59.6 Å². The second-order valence-electron chi connectivity index (χ2n) is 6.53.